The van der Waals surface area contributed by atoms with Gasteiger partial charge in [0.1, 0.15) is 5.00 Å². The second-order valence-electron chi connectivity index (χ2n) is 6.02. The summed E-state index contributed by atoms with van der Waals surface area (Å²) < 4.78 is 4.52. The number of aromatic nitrogens is 1. The molecule has 132 valence electrons. The van der Waals surface area contributed by atoms with Gasteiger partial charge in [-0.3, -0.25) is 9.80 Å². The van der Waals surface area contributed by atoms with Crippen molar-refractivity contribution in [1.29, 1.82) is 0 Å². The lowest BCUT2D eigenvalue weighted by Gasteiger charge is -2.41. The van der Waals surface area contributed by atoms with Crippen LogP contribution >= 0.6 is 11.5 Å². The largest absolute Gasteiger partial charge is 0.327 e. The van der Waals surface area contributed by atoms with Gasteiger partial charge in [-0.15, -0.1) is 6.58 Å². The third-order valence-corrected chi connectivity index (χ3v) is 5.24. The molecule has 2 amide bonds. The van der Waals surface area contributed by atoms with Gasteiger partial charge in [0.15, 0.2) is 0 Å². The minimum absolute atomic E-state index is 0.0717. The van der Waals surface area contributed by atoms with E-state index in [2.05, 4.69) is 29.7 Å². The SMILES string of the molecule is C=CCCCN1CN(CC=CC)C(=O)N(c2snc(CC)c2C)C1. The van der Waals surface area contributed by atoms with E-state index < -0.39 is 0 Å². The molecular weight excluding hydrogens is 320 g/mol. The van der Waals surface area contributed by atoms with Crippen molar-refractivity contribution in [2.75, 3.05) is 31.3 Å². The maximum absolute atomic E-state index is 12.9. The van der Waals surface area contributed by atoms with Crippen LogP contribution in [-0.4, -0.2) is 46.6 Å². The van der Waals surface area contributed by atoms with E-state index >= 15 is 0 Å². The Kier molecular flexibility index (Phi) is 6.99. The van der Waals surface area contributed by atoms with Gasteiger partial charge in [0, 0.05) is 18.7 Å². The molecule has 0 N–H and O–H groups in total. The van der Waals surface area contributed by atoms with E-state index in [1.807, 2.05) is 35.0 Å². The fraction of sp³-hybridized carbons (Fsp3) is 0.556. The molecule has 1 aromatic rings. The Labute approximate surface area is 149 Å². The van der Waals surface area contributed by atoms with Crippen molar-refractivity contribution in [1.82, 2.24) is 14.2 Å². The minimum Gasteiger partial charge on any atom is -0.308 e. The molecule has 2 heterocycles. The van der Waals surface area contributed by atoms with Gasteiger partial charge in [-0.25, -0.2) is 4.79 Å². The number of aryl methyl sites for hydroxylation is 1. The molecule has 1 fully saturated rings. The van der Waals surface area contributed by atoms with Crippen molar-refractivity contribution in [2.45, 2.75) is 40.0 Å². The standard InChI is InChI=1S/C18H28N4OS/c1-5-8-10-11-20-13-21(12-9-6-2)18(23)22(14-20)17-15(4)16(7-3)19-24-17/h5-6,9H,1,7-8,10-14H2,2-4H3. The highest BCUT2D eigenvalue weighted by molar-refractivity contribution is 7.10. The fourth-order valence-electron chi connectivity index (χ4n) is 2.84. The molecule has 0 bridgehead atoms. The minimum atomic E-state index is 0.0717. The van der Waals surface area contributed by atoms with Gasteiger partial charge in [-0.05, 0) is 44.6 Å². The summed E-state index contributed by atoms with van der Waals surface area (Å²) in [7, 11) is 0. The predicted octanol–water partition coefficient (Wildman–Crippen LogP) is 4.02. The molecule has 1 saturated heterocycles. The lowest BCUT2D eigenvalue weighted by Crippen LogP contribution is -2.58. The van der Waals surface area contributed by atoms with Gasteiger partial charge in [0.2, 0.25) is 0 Å². The molecule has 1 aliphatic heterocycles. The van der Waals surface area contributed by atoms with Crippen LogP contribution in [0.15, 0.2) is 24.8 Å². The predicted molar refractivity (Wildman–Crippen MR) is 101 cm³/mol. The number of hydrogen-bond donors (Lipinski definition) is 0. The smallest absolute Gasteiger partial charge is 0.308 e. The van der Waals surface area contributed by atoms with Crippen molar-refractivity contribution < 1.29 is 4.79 Å². The normalized spacial score (nSPS) is 16.4. The summed E-state index contributed by atoms with van der Waals surface area (Å²) >= 11 is 1.43. The van der Waals surface area contributed by atoms with Gasteiger partial charge >= 0.3 is 6.03 Å². The molecule has 0 radical (unpaired) electrons. The summed E-state index contributed by atoms with van der Waals surface area (Å²) in [5.74, 6) is 0. The highest BCUT2D eigenvalue weighted by atomic mass is 32.1. The maximum Gasteiger partial charge on any atom is 0.327 e. The van der Waals surface area contributed by atoms with Gasteiger partial charge in [-0.1, -0.05) is 25.2 Å². The van der Waals surface area contributed by atoms with Crippen LogP contribution in [0.1, 0.15) is 37.9 Å². The number of rotatable bonds is 8. The summed E-state index contributed by atoms with van der Waals surface area (Å²) in [6, 6.07) is 0.0717. The van der Waals surface area contributed by atoms with Crippen LogP contribution in [0, 0.1) is 6.92 Å². The van der Waals surface area contributed by atoms with E-state index in [-0.39, 0.29) is 6.03 Å². The zero-order chi connectivity index (χ0) is 17.5. The number of anilines is 1. The average Bonchev–Trinajstić information content (AvgIpc) is 2.95. The Hall–Kier alpha value is -1.66. The summed E-state index contributed by atoms with van der Waals surface area (Å²) in [5, 5.41) is 0.982. The van der Waals surface area contributed by atoms with Crippen molar-refractivity contribution in [3.8, 4) is 0 Å². The van der Waals surface area contributed by atoms with E-state index in [1.165, 1.54) is 11.5 Å². The molecule has 6 heteroatoms. The second kappa shape index (κ2) is 8.99. The van der Waals surface area contributed by atoms with E-state index in [4.69, 9.17) is 0 Å². The van der Waals surface area contributed by atoms with Crippen LogP contribution in [0.25, 0.3) is 0 Å². The van der Waals surface area contributed by atoms with Gasteiger partial charge in [0.05, 0.1) is 19.0 Å². The number of unbranched alkanes of at least 4 members (excludes halogenated alkanes) is 1. The molecular formula is C18H28N4OS. The Morgan fingerprint density at radius 2 is 2.17 bits per heavy atom. The first-order valence-electron chi connectivity index (χ1n) is 8.58. The van der Waals surface area contributed by atoms with Gasteiger partial charge < -0.3 is 4.90 Å². The molecule has 2 rings (SSSR count). The topological polar surface area (TPSA) is 39.7 Å². The summed E-state index contributed by atoms with van der Waals surface area (Å²) in [6.45, 7) is 12.8. The molecule has 24 heavy (non-hydrogen) atoms. The lowest BCUT2D eigenvalue weighted by atomic mass is 10.2. The van der Waals surface area contributed by atoms with Crippen LogP contribution in [0.5, 0.6) is 0 Å². The zero-order valence-electron chi connectivity index (χ0n) is 15.0. The Bertz CT molecular complexity index is 596. The van der Waals surface area contributed by atoms with Crippen LogP contribution in [0.4, 0.5) is 9.80 Å². The van der Waals surface area contributed by atoms with E-state index in [1.54, 1.807) is 0 Å². The van der Waals surface area contributed by atoms with E-state index in [0.29, 0.717) is 19.9 Å². The fourth-order valence-corrected chi connectivity index (χ4v) is 3.79. The number of hydrogen-bond acceptors (Lipinski definition) is 4. The van der Waals surface area contributed by atoms with Crippen LogP contribution in [-0.2, 0) is 6.42 Å². The van der Waals surface area contributed by atoms with Crippen molar-refractivity contribution in [3.63, 3.8) is 0 Å². The highest BCUT2D eigenvalue weighted by Crippen LogP contribution is 2.31. The Balaban J connectivity index is 2.20. The Morgan fingerprint density at radius 1 is 1.38 bits per heavy atom. The molecule has 0 spiro atoms. The summed E-state index contributed by atoms with van der Waals surface area (Å²) in [6.07, 6.45) is 8.92. The molecule has 0 saturated carbocycles. The molecule has 1 aromatic heterocycles. The van der Waals surface area contributed by atoms with Gasteiger partial charge in [-0.2, -0.15) is 4.37 Å². The zero-order valence-corrected chi connectivity index (χ0v) is 15.8. The molecule has 0 unspecified atom stereocenters. The van der Waals surface area contributed by atoms with E-state index in [0.717, 1.165) is 42.1 Å². The molecule has 5 nitrogen and oxygen atoms in total. The number of nitrogens with zero attached hydrogens (tertiary/aromatic N) is 4. The monoisotopic (exact) mass is 348 g/mol. The molecule has 1 aliphatic rings. The van der Waals surface area contributed by atoms with E-state index in [9.17, 15) is 4.79 Å². The first kappa shape index (κ1) is 18.7. The lowest BCUT2D eigenvalue weighted by molar-refractivity contribution is 0.121. The van der Waals surface area contributed by atoms with Crippen molar-refractivity contribution in [2.24, 2.45) is 0 Å². The van der Waals surface area contributed by atoms with Crippen molar-refractivity contribution >= 4 is 22.6 Å². The summed E-state index contributed by atoms with van der Waals surface area (Å²) in [4.78, 5) is 19.0. The first-order chi connectivity index (χ1) is 11.6. The van der Waals surface area contributed by atoms with Crippen molar-refractivity contribution in [3.05, 3.63) is 36.1 Å². The molecule has 0 aromatic carbocycles. The first-order valence-corrected chi connectivity index (χ1v) is 9.35. The maximum atomic E-state index is 12.9. The van der Waals surface area contributed by atoms with Crippen LogP contribution < -0.4 is 4.90 Å². The number of urea groups is 1. The average molecular weight is 349 g/mol. The molecule has 0 atom stereocenters. The third-order valence-electron chi connectivity index (χ3n) is 4.23. The number of amides is 2. The van der Waals surface area contributed by atoms with Crippen LogP contribution in [0.2, 0.25) is 0 Å². The second-order valence-corrected chi connectivity index (χ2v) is 6.78. The Morgan fingerprint density at radius 3 is 2.79 bits per heavy atom. The number of carbonyl (C=O) groups excluding carboxylic acids is 1. The van der Waals surface area contributed by atoms with Crippen LogP contribution in [0.3, 0.4) is 0 Å². The number of carbonyl (C=O) groups is 1. The summed E-state index contributed by atoms with van der Waals surface area (Å²) in [5.41, 5.74) is 2.22. The highest BCUT2D eigenvalue weighted by Gasteiger charge is 2.32. The number of allylic oxidation sites excluding steroid dienone is 2. The third kappa shape index (κ3) is 4.24. The quantitative estimate of drug-likeness (QED) is 0.526. The van der Waals surface area contributed by atoms with Gasteiger partial charge in [0.25, 0.3) is 0 Å². The molecule has 0 aliphatic carbocycles.